The van der Waals surface area contributed by atoms with Crippen molar-refractivity contribution in [1.82, 2.24) is 0 Å². The van der Waals surface area contributed by atoms with E-state index in [0.29, 0.717) is 4.99 Å². The van der Waals surface area contributed by atoms with Gasteiger partial charge in [-0.1, -0.05) is 18.3 Å². The van der Waals surface area contributed by atoms with Crippen LogP contribution in [0.4, 0.5) is 5.69 Å². The quantitative estimate of drug-likeness (QED) is 0.614. The Morgan fingerprint density at radius 3 is 2.82 bits per heavy atom. The van der Waals surface area contributed by atoms with Crippen LogP contribution in [0, 0.1) is 0 Å². The van der Waals surface area contributed by atoms with E-state index < -0.39 is 0 Å². The number of thiocarbonyl (C=S) groups is 1. The zero-order chi connectivity index (χ0) is 12.8. The normalized spacial score (nSPS) is 12.2. The Morgan fingerprint density at radius 2 is 2.29 bits per heavy atom. The largest absolute Gasteiger partial charge is 0.389 e. The molecule has 0 radical (unpaired) electrons. The number of nitrogens with one attached hydrogen (secondary N) is 1. The second-order valence-corrected chi connectivity index (χ2v) is 4.96. The monoisotopic (exact) mass is 270 g/mol. The van der Waals surface area contributed by atoms with Gasteiger partial charge in [-0.2, -0.15) is 0 Å². The Morgan fingerprint density at radius 1 is 1.59 bits per heavy atom. The van der Waals surface area contributed by atoms with Crippen molar-refractivity contribution in [2.75, 3.05) is 25.2 Å². The molecule has 0 spiro atoms. The van der Waals surface area contributed by atoms with Crippen LogP contribution in [-0.4, -0.2) is 31.0 Å². The molecule has 1 rings (SSSR count). The summed E-state index contributed by atoms with van der Waals surface area (Å²) in [5.74, 6) is 0. The van der Waals surface area contributed by atoms with E-state index in [-0.39, 0.29) is 6.10 Å². The van der Waals surface area contributed by atoms with E-state index in [4.69, 9.17) is 22.7 Å². The number of anilines is 1. The molecule has 1 aromatic carbocycles. The van der Waals surface area contributed by atoms with Gasteiger partial charge in [0.2, 0.25) is 0 Å². The molecule has 0 fully saturated rings. The summed E-state index contributed by atoms with van der Waals surface area (Å²) in [6.07, 6.45) is 2.16. The van der Waals surface area contributed by atoms with Gasteiger partial charge in [-0.15, -0.1) is 11.8 Å². The van der Waals surface area contributed by atoms with Gasteiger partial charge in [-0.25, -0.2) is 0 Å². The van der Waals surface area contributed by atoms with Gasteiger partial charge in [0.1, 0.15) is 4.99 Å². The first-order chi connectivity index (χ1) is 8.10. The molecule has 0 heterocycles. The molecule has 3 nitrogen and oxygen atoms in total. The average molecular weight is 270 g/mol. The summed E-state index contributed by atoms with van der Waals surface area (Å²) in [5, 5.41) is 3.31. The first-order valence-corrected chi connectivity index (χ1v) is 6.97. The van der Waals surface area contributed by atoms with Crippen LogP contribution >= 0.6 is 24.0 Å². The molecule has 0 aliphatic heterocycles. The lowest BCUT2D eigenvalue weighted by Gasteiger charge is -2.16. The van der Waals surface area contributed by atoms with Crippen molar-refractivity contribution >= 4 is 34.7 Å². The number of thioether (sulfide) groups is 1. The first kappa shape index (κ1) is 14.3. The van der Waals surface area contributed by atoms with Crippen LogP contribution in [0.25, 0.3) is 0 Å². The molecule has 1 atom stereocenters. The van der Waals surface area contributed by atoms with Gasteiger partial charge in [0.25, 0.3) is 0 Å². The van der Waals surface area contributed by atoms with Crippen LogP contribution in [0.15, 0.2) is 23.1 Å². The van der Waals surface area contributed by atoms with Crippen molar-refractivity contribution < 1.29 is 4.74 Å². The number of rotatable bonds is 6. The Bertz CT molecular complexity index is 396. The van der Waals surface area contributed by atoms with Gasteiger partial charge in [-0.3, -0.25) is 0 Å². The highest BCUT2D eigenvalue weighted by Gasteiger charge is 2.10. The number of hydrogen-bond donors (Lipinski definition) is 2. The highest BCUT2D eigenvalue weighted by Crippen LogP contribution is 2.27. The molecule has 0 saturated heterocycles. The lowest BCUT2D eigenvalue weighted by Crippen LogP contribution is -2.21. The molecule has 1 aromatic rings. The second kappa shape index (κ2) is 6.83. The average Bonchev–Trinajstić information content (AvgIpc) is 2.34. The minimum atomic E-state index is 0.145. The molecule has 1 unspecified atom stereocenters. The maximum atomic E-state index is 5.78. The molecule has 0 aromatic heterocycles. The third kappa shape index (κ3) is 3.87. The minimum Gasteiger partial charge on any atom is -0.389 e. The van der Waals surface area contributed by atoms with Crippen LogP contribution in [0.1, 0.15) is 12.5 Å². The van der Waals surface area contributed by atoms with Crippen LogP contribution in [0.5, 0.6) is 0 Å². The molecular formula is C12H18N2OS2. The SMILES string of the molecule is COC(C)CNc1cccc(SC)c1C(N)=S. The zero-order valence-electron chi connectivity index (χ0n) is 10.3. The predicted octanol–water partition coefficient (Wildman–Crippen LogP) is 2.49. The highest BCUT2D eigenvalue weighted by atomic mass is 32.2. The summed E-state index contributed by atoms with van der Waals surface area (Å²) in [6.45, 7) is 2.73. The van der Waals surface area contributed by atoms with Crippen LogP contribution in [-0.2, 0) is 4.74 Å². The Kier molecular flexibility index (Phi) is 5.74. The van der Waals surface area contributed by atoms with E-state index in [9.17, 15) is 0 Å². The molecule has 0 aliphatic carbocycles. The van der Waals surface area contributed by atoms with Gasteiger partial charge in [0, 0.05) is 29.8 Å². The zero-order valence-corrected chi connectivity index (χ0v) is 12.0. The number of methoxy groups -OCH3 is 1. The summed E-state index contributed by atoms with van der Waals surface area (Å²) < 4.78 is 5.20. The number of hydrogen-bond acceptors (Lipinski definition) is 4. The van der Waals surface area contributed by atoms with E-state index >= 15 is 0 Å². The van der Waals surface area contributed by atoms with Gasteiger partial charge >= 0.3 is 0 Å². The van der Waals surface area contributed by atoms with Crippen molar-refractivity contribution in [3.05, 3.63) is 23.8 Å². The summed E-state index contributed by atoms with van der Waals surface area (Å²) in [4.78, 5) is 1.51. The number of benzene rings is 1. The number of ether oxygens (including phenoxy) is 1. The molecule has 0 aliphatic rings. The molecule has 17 heavy (non-hydrogen) atoms. The number of nitrogens with two attached hydrogens (primary N) is 1. The maximum absolute atomic E-state index is 5.78. The van der Waals surface area contributed by atoms with Crippen LogP contribution < -0.4 is 11.1 Å². The lowest BCUT2D eigenvalue weighted by atomic mass is 10.1. The maximum Gasteiger partial charge on any atom is 0.107 e. The van der Waals surface area contributed by atoms with E-state index in [1.54, 1.807) is 18.9 Å². The van der Waals surface area contributed by atoms with Gasteiger partial charge in [-0.05, 0) is 25.3 Å². The third-order valence-electron chi connectivity index (χ3n) is 2.47. The Labute approximate surface area is 112 Å². The Balaban J connectivity index is 2.94. The van der Waals surface area contributed by atoms with Gasteiger partial charge in [0.15, 0.2) is 0 Å². The second-order valence-electron chi connectivity index (χ2n) is 3.67. The van der Waals surface area contributed by atoms with Crippen LogP contribution in [0.3, 0.4) is 0 Å². The smallest absolute Gasteiger partial charge is 0.107 e. The van der Waals surface area contributed by atoms with Gasteiger partial charge < -0.3 is 15.8 Å². The fourth-order valence-electron chi connectivity index (χ4n) is 1.44. The third-order valence-corrected chi connectivity index (χ3v) is 3.46. The van der Waals surface area contributed by atoms with Crippen molar-refractivity contribution in [2.24, 2.45) is 5.73 Å². The van der Waals surface area contributed by atoms with Gasteiger partial charge in [0.05, 0.1) is 6.10 Å². The van der Waals surface area contributed by atoms with E-state index in [1.807, 2.05) is 31.4 Å². The van der Waals surface area contributed by atoms with E-state index in [1.165, 1.54) is 0 Å². The van der Waals surface area contributed by atoms with E-state index in [2.05, 4.69) is 5.32 Å². The van der Waals surface area contributed by atoms with Crippen molar-refractivity contribution in [3.8, 4) is 0 Å². The van der Waals surface area contributed by atoms with Crippen LogP contribution in [0.2, 0.25) is 0 Å². The van der Waals surface area contributed by atoms with Crippen molar-refractivity contribution in [3.63, 3.8) is 0 Å². The molecule has 5 heteroatoms. The molecule has 0 bridgehead atoms. The topological polar surface area (TPSA) is 47.3 Å². The predicted molar refractivity (Wildman–Crippen MR) is 79.1 cm³/mol. The Hall–Kier alpha value is -0.780. The van der Waals surface area contributed by atoms with E-state index in [0.717, 1.165) is 22.7 Å². The summed E-state index contributed by atoms with van der Waals surface area (Å²) in [6, 6.07) is 5.99. The van der Waals surface area contributed by atoms with Crippen molar-refractivity contribution in [1.29, 1.82) is 0 Å². The summed E-state index contributed by atoms with van der Waals surface area (Å²) >= 11 is 6.74. The fourth-order valence-corrected chi connectivity index (χ4v) is 2.36. The highest BCUT2D eigenvalue weighted by molar-refractivity contribution is 7.98. The lowest BCUT2D eigenvalue weighted by molar-refractivity contribution is 0.129. The summed E-state index contributed by atoms with van der Waals surface area (Å²) in [5.41, 5.74) is 7.66. The standard InChI is InChI=1S/C12H18N2OS2/c1-8(15-2)7-14-9-5-4-6-10(17-3)11(9)12(13)16/h4-6,8,14H,7H2,1-3H3,(H2,13,16). The molecule has 0 saturated carbocycles. The minimum absolute atomic E-state index is 0.145. The molecule has 0 amide bonds. The first-order valence-electron chi connectivity index (χ1n) is 5.33. The summed E-state index contributed by atoms with van der Waals surface area (Å²) in [7, 11) is 1.69. The molecular weight excluding hydrogens is 252 g/mol. The van der Waals surface area contributed by atoms with Crippen molar-refractivity contribution in [2.45, 2.75) is 17.9 Å². The molecule has 3 N–H and O–H groups in total. The fraction of sp³-hybridized carbons (Fsp3) is 0.417. The molecule has 94 valence electrons.